The zero-order chi connectivity index (χ0) is 12.8. The molecule has 0 unspecified atom stereocenters. The Balaban J connectivity index is 2.66. The molecule has 3 nitrogen and oxygen atoms in total. The maximum atomic E-state index is 12.1. The Morgan fingerprint density at radius 2 is 1.88 bits per heavy atom. The number of carbonyl (C=O) groups excluding carboxylic acids is 1. The molecule has 0 heterocycles. The molecule has 0 saturated carbocycles. The van der Waals surface area contributed by atoms with Crippen molar-refractivity contribution in [2.75, 3.05) is 12.3 Å². The highest BCUT2D eigenvalue weighted by Crippen LogP contribution is 2.09. The number of amides is 1. The van der Waals surface area contributed by atoms with Crippen LogP contribution < -0.4 is 5.73 Å². The van der Waals surface area contributed by atoms with Crippen LogP contribution in [0, 0.1) is 0 Å². The molecule has 0 saturated heterocycles. The number of rotatable bonds is 5. The predicted octanol–water partition coefficient (Wildman–Crippen LogP) is 2.46. The van der Waals surface area contributed by atoms with E-state index in [0.29, 0.717) is 6.42 Å². The van der Waals surface area contributed by atoms with E-state index in [1.807, 2.05) is 29.2 Å². The monoisotopic (exact) mass is 234 g/mol. The van der Waals surface area contributed by atoms with E-state index in [2.05, 4.69) is 20.8 Å². The van der Waals surface area contributed by atoms with Gasteiger partial charge in [0.15, 0.2) is 0 Å². The number of anilines is 1. The molecule has 1 rings (SSSR count). The van der Waals surface area contributed by atoms with Crippen molar-refractivity contribution in [3.63, 3.8) is 0 Å². The van der Waals surface area contributed by atoms with Gasteiger partial charge in [0.2, 0.25) is 5.91 Å². The molecule has 1 aromatic carbocycles. The zero-order valence-corrected chi connectivity index (χ0v) is 10.9. The summed E-state index contributed by atoms with van der Waals surface area (Å²) in [7, 11) is 0. The molecular formula is C14H22N2O. The van der Waals surface area contributed by atoms with Crippen molar-refractivity contribution in [3.8, 4) is 0 Å². The van der Waals surface area contributed by atoms with E-state index in [0.717, 1.165) is 24.2 Å². The Kier molecular flexibility index (Phi) is 5.01. The molecule has 0 spiro atoms. The topological polar surface area (TPSA) is 46.3 Å². The Bertz CT molecular complexity index is 357. The fourth-order valence-electron chi connectivity index (χ4n) is 1.82. The lowest BCUT2D eigenvalue weighted by Gasteiger charge is -2.26. The second-order valence-corrected chi connectivity index (χ2v) is 4.60. The lowest BCUT2D eigenvalue weighted by molar-refractivity contribution is -0.132. The van der Waals surface area contributed by atoms with Gasteiger partial charge in [-0.1, -0.05) is 19.1 Å². The molecule has 1 aromatic rings. The first-order valence-electron chi connectivity index (χ1n) is 6.18. The minimum Gasteiger partial charge on any atom is -0.399 e. The van der Waals surface area contributed by atoms with Crippen LogP contribution in [0.2, 0.25) is 0 Å². The van der Waals surface area contributed by atoms with Gasteiger partial charge >= 0.3 is 0 Å². The summed E-state index contributed by atoms with van der Waals surface area (Å²) < 4.78 is 0. The third-order valence-electron chi connectivity index (χ3n) is 2.74. The van der Waals surface area contributed by atoms with Gasteiger partial charge in [-0.15, -0.1) is 0 Å². The average Bonchev–Trinajstić information content (AvgIpc) is 2.28. The SMILES string of the molecule is CCCN(C(=O)Cc1ccc(N)cc1)C(C)C. The van der Waals surface area contributed by atoms with Crippen LogP contribution in [-0.4, -0.2) is 23.4 Å². The van der Waals surface area contributed by atoms with Crippen molar-refractivity contribution in [1.82, 2.24) is 4.90 Å². The van der Waals surface area contributed by atoms with Crippen molar-refractivity contribution >= 4 is 11.6 Å². The van der Waals surface area contributed by atoms with Crippen LogP contribution in [0.1, 0.15) is 32.8 Å². The van der Waals surface area contributed by atoms with E-state index < -0.39 is 0 Å². The zero-order valence-electron chi connectivity index (χ0n) is 10.9. The third-order valence-corrected chi connectivity index (χ3v) is 2.74. The maximum absolute atomic E-state index is 12.1. The molecule has 0 atom stereocenters. The molecule has 3 heteroatoms. The third kappa shape index (κ3) is 4.10. The van der Waals surface area contributed by atoms with Crippen molar-refractivity contribution < 1.29 is 4.79 Å². The van der Waals surface area contributed by atoms with Crippen LogP contribution in [0.5, 0.6) is 0 Å². The van der Waals surface area contributed by atoms with Gasteiger partial charge in [0, 0.05) is 18.3 Å². The molecule has 0 bridgehead atoms. The summed E-state index contributed by atoms with van der Waals surface area (Å²) in [5, 5.41) is 0. The molecule has 17 heavy (non-hydrogen) atoms. The van der Waals surface area contributed by atoms with Gasteiger partial charge in [-0.2, -0.15) is 0 Å². The Hall–Kier alpha value is -1.51. The summed E-state index contributed by atoms with van der Waals surface area (Å²) in [6.07, 6.45) is 1.45. The molecule has 94 valence electrons. The Morgan fingerprint density at radius 1 is 1.29 bits per heavy atom. The number of nitrogens with two attached hydrogens (primary N) is 1. The maximum Gasteiger partial charge on any atom is 0.227 e. The first-order chi connectivity index (χ1) is 8.04. The molecule has 0 aromatic heterocycles. The van der Waals surface area contributed by atoms with Gasteiger partial charge in [0.25, 0.3) is 0 Å². The van der Waals surface area contributed by atoms with Crippen LogP contribution in [0.3, 0.4) is 0 Å². The van der Waals surface area contributed by atoms with Gasteiger partial charge in [-0.25, -0.2) is 0 Å². The van der Waals surface area contributed by atoms with Crippen molar-refractivity contribution in [2.24, 2.45) is 0 Å². The standard InChI is InChI=1S/C14H22N2O/c1-4-9-16(11(2)3)14(17)10-12-5-7-13(15)8-6-12/h5-8,11H,4,9-10,15H2,1-3H3. The van der Waals surface area contributed by atoms with E-state index in [4.69, 9.17) is 5.73 Å². The summed E-state index contributed by atoms with van der Waals surface area (Å²) >= 11 is 0. The molecule has 0 aliphatic heterocycles. The number of carbonyl (C=O) groups is 1. The summed E-state index contributed by atoms with van der Waals surface area (Å²) in [6, 6.07) is 7.76. The van der Waals surface area contributed by atoms with Crippen molar-refractivity contribution in [3.05, 3.63) is 29.8 Å². The molecule has 0 aliphatic carbocycles. The number of nitrogens with zero attached hydrogens (tertiary/aromatic N) is 1. The minimum absolute atomic E-state index is 0.187. The second kappa shape index (κ2) is 6.28. The Labute approximate surface area is 104 Å². The Morgan fingerprint density at radius 3 is 2.35 bits per heavy atom. The van der Waals surface area contributed by atoms with Crippen LogP contribution in [-0.2, 0) is 11.2 Å². The summed E-state index contributed by atoms with van der Waals surface area (Å²) in [5.41, 5.74) is 7.37. The molecule has 2 N–H and O–H groups in total. The lowest BCUT2D eigenvalue weighted by atomic mass is 10.1. The summed E-state index contributed by atoms with van der Waals surface area (Å²) in [6.45, 7) is 7.02. The first kappa shape index (κ1) is 13.6. The fourth-order valence-corrected chi connectivity index (χ4v) is 1.82. The van der Waals surface area contributed by atoms with Crippen molar-refractivity contribution in [1.29, 1.82) is 0 Å². The molecule has 0 fully saturated rings. The largest absolute Gasteiger partial charge is 0.399 e. The van der Waals surface area contributed by atoms with Gasteiger partial charge < -0.3 is 10.6 Å². The van der Waals surface area contributed by atoms with E-state index in [1.54, 1.807) is 0 Å². The van der Waals surface area contributed by atoms with E-state index in [-0.39, 0.29) is 11.9 Å². The second-order valence-electron chi connectivity index (χ2n) is 4.60. The highest BCUT2D eigenvalue weighted by Gasteiger charge is 2.15. The molecule has 0 radical (unpaired) electrons. The number of hydrogen-bond donors (Lipinski definition) is 1. The number of benzene rings is 1. The molecule has 0 aliphatic rings. The fraction of sp³-hybridized carbons (Fsp3) is 0.500. The summed E-state index contributed by atoms with van der Waals surface area (Å²) in [5.74, 6) is 0.187. The van der Waals surface area contributed by atoms with Crippen LogP contribution >= 0.6 is 0 Å². The predicted molar refractivity (Wildman–Crippen MR) is 71.7 cm³/mol. The quantitative estimate of drug-likeness (QED) is 0.795. The minimum atomic E-state index is 0.187. The smallest absolute Gasteiger partial charge is 0.227 e. The van der Waals surface area contributed by atoms with Crippen LogP contribution in [0.15, 0.2) is 24.3 Å². The normalized spacial score (nSPS) is 10.6. The highest BCUT2D eigenvalue weighted by molar-refractivity contribution is 5.79. The lowest BCUT2D eigenvalue weighted by Crippen LogP contribution is -2.38. The van der Waals surface area contributed by atoms with Gasteiger partial charge in [0.05, 0.1) is 6.42 Å². The summed E-state index contributed by atoms with van der Waals surface area (Å²) in [4.78, 5) is 14.1. The highest BCUT2D eigenvalue weighted by atomic mass is 16.2. The molecular weight excluding hydrogens is 212 g/mol. The van der Waals surface area contributed by atoms with Gasteiger partial charge in [-0.3, -0.25) is 4.79 Å². The molecule has 1 amide bonds. The van der Waals surface area contributed by atoms with Gasteiger partial charge in [-0.05, 0) is 38.0 Å². The van der Waals surface area contributed by atoms with E-state index >= 15 is 0 Å². The van der Waals surface area contributed by atoms with Crippen LogP contribution in [0.4, 0.5) is 5.69 Å². The number of nitrogen functional groups attached to an aromatic ring is 1. The van der Waals surface area contributed by atoms with E-state index in [9.17, 15) is 4.79 Å². The average molecular weight is 234 g/mol. The van der Waals surface area contributed by atoms with Crippen molar-refractivity contribution in [2.45, 2.75) is 39.7 Å². The first-order valence-corrected chi connectivity index (χ1v) is 6.18. The van der Waals surface area contributed by atoms with E-state index in [1.165, 1.54) is 0 Å². The van der Waals surface area contributed by atoms with Gasteiger partial charge in [0.1, 0.15) is 0 Å². The van der Waals surface area contributed by atoms with Crippen LogP contribution in [0.25, 0.3) is 0 Å². The number of hydrogen-bond acceptors (Lipinski definition) is 2.